The Morgan fingerprint density at radius 3 is 2.59 bits per heavy atom. The van der Waals surface area contributed by atoms with Gasteiger partial charge in [-0.1, -0.05) is 76.7 Å². The summed E-state index contributed by atoms with van der Waals surface area (Å²) in [5.41, 5.74) is 0. The van der Waals surface area contributed by atoms with Crippen molar-refractivity contribution in [3.05, 3.63) is 24.3 Å². The van der Waals surface area contributed by atoms with Crippen molar-refractivity contribution in [2.24, 2.45) is 17.8 Å². The van der Waals surface area contributed by atoms with Gasteiger partial charge in [-0.25, -0.2) is 0 Å². The van der Waals surface area contributed by atoms with E-state index in [4.69, 9.17) is 5.11 Å². The smallest absolute Gasteiger partial charge is 0.186 e. The van der Waals surface area contributed by atoms with Gasteiger partial charge in [-0.2, -0.15) is 0 Å². The van der Waals surface area contributed by atoms with Crippen LogP contribution in [0.1, 0.15) is 97.3 Å². The van der Waals surface area contributed by atoms with Gasteiger partial charge in [-0.3, -0.25) is 0 Å². The average Bonchev–Trinajstić information content (AvgIpc) is 3.09. The molecule has 0 aromatic heterocycles. The maximum atomic E-state index is 9.35. The van der Waals surface area contributed by atoms with Crippen LogP contribution < -0.4 is 0 Å². The van der Waals surface area contributed by atoms with Gasteiger partial charge in [0.1, 0.15) is 0 Å². The first-order valence-electron chi connectivity index (χ1n) is 11.4. The van der Waals surface area contributed by atoms with Crippen LogP contribution in [-0.4, -0.2) is 27.7 Å². The number of hydrogen-bond donors (Lipinski definition) is 3. The summed E-state index contributed by atoms with van der Waals surface area (Å²) >= 11 is 0. The van der Waals surface area contributed by atoms with E-state index in [1.54, 1.807) is 0 Å². The second-order valence-corrected chi connectivity index (χ2v) is 8.71. The largest absolute Gasteiger partial charge is 0.391 e. The van der Waals surface area contributed by atoms with Gasteiger partial charge in [0.05, 0.1) is 6.61 Å². The molecule has 0 aromatic carbocycles. The zero-order chi connectivity index (χ0) is 20.0. The molecular formula is C24H44O3. The van der Waals surface area contributed by atoms with Gasteiger partial charge in [-0.15, -0.1) is 0 Å². The molecule has 0 radical (unpaired) electrons. The van der Waals surface area contributed by atoms with Gasteiger partial charge in [0, 0.05) is 6.42 Å². The van der Waals surface area contributed by atoms with E-state index in [1.807, 2.05) is 0 Å². The van der Waals surface area contributed by atoms with Gasteiger partial charge in [0.25, 0.3) is 0 Å². The minimum atomic E-state index is -1.91. The summed E-state index contributed by atoms with van der Waals surface area (Å²) in [5, 5.41) is 27.5. The predicted octanol–water partition coefficient (Wildman–Crippen LogP) is 5.75. The van der Waals surface area contributed by atoms with Gasteiger partial charge in [0.2, 0.25) is 0 Å². The van der Waals surface area contributed by atoms with Crippen LogP contribution in [0.2, 0.25) is 0 Å². The Kier molecular flexibility index (Phi) is 13.0. The zero-order valence-corrected chi connectivity index (χ0v) is 17.8. The van der Waals surface area contributed by atoms with Crippen molar-refractivity contribution in [2.75, 3.05) is 6.61 Å². The van der Waals surface area contributed by atoms with E-state index in [0.717, 1.165) is 30.6 Å². The van der Waals surface area contributed by atoms with Crippen molar-refractivity contribution in [1.29, 1.82) is 0 Å². The quantitative estimate of drug-likeness (QED) is 0.193. The summed E-state index contributed by atoms with van der Waals surface area (Å²) in [6, 6.07) is 0. The third-order valence-corrected chi connectivity index (χ3v) is 6.00. The Hall–Kier alpha value is -0.640. The molecule has 0 spiro atoms. The fourth-order valence-electron chi connectivity index (χ4n) is 4.11. The van der Waals surface area contributed by atoms with E-state index in [9.17, 15) is 10.2 Å². The molecule has 0 unspecified atom stereocenters. The minimum Gasteiger partial charge on any atom is -0.391 e. The van der Waals surface area contributed by atoms with Gasteiger partial charge >= 0.3 is 0 Å². The standard InChI is InChI=1S/C24H44O3/c1-3-4-5-8-13-21(2)14-11-16-23-18-12-17-22(23)15-9-6-7-10-19-24(26,27)20-25/h6,9,11,16,21-23,25-27H,3-5,7-8,10,12-15,17-20H2,1-2H3/t21-,22+,23+/m1/s1. The first-order chi connectivity index (χ1) is 13.0. The molecule has 1 aliphatic carbocycles. The summed E-state index contributed by atoms with van der Waals surface area (Å²) in [6.45, 7) is 4.06. The number of unbranched alkanes of at least 4 members (excludes halogenated alkanes) is 4. The lowest BCUT2D eigenvalue weighted by atomic mass is 9.91. The van der Waals surface area contributed by atoms with Crippen LogP contribution in [0.3, 0.4) is 0 Å². The van der Waals surface area contributed by atoms with Crippen molar-refractivity contribution in [1.82, 2.24) is 0 Å². The zero-order valence-electron chi connectivity index (χ0n) is 17.8. The van der Waals surface area contributed by atoms with Crippen LogP contribution in [0.15, 0.2) is 24.3 Å². The molecular weight excluding hydrogens is 336 g/mol. The van der Waals surface area contributed by atoms with Crippen LogP contribution in [0.4, 0.5) is 0 Å². The highest BCUT2D eigenvalue weighted by atomic mass is 16.5. The summed E-state index contributed by atoms with van der Waals surface area (Å²) in [5.74, 6) is 0.396. The summed E-state index contributed by atoms with van der Waals surface area (Å²) in [7, 11) is 0. The highest BCUT2D eigenvalue weighted by Crippen LogP contribution is 2.35. The number of allylic oxidation sites excluding steroid dienone is 4. The van der Waals surface area contributed by atoms with Crippen molar-refractivity contribution in [3.8, 4) is 0 Å². The first kappa shape index (κ1) is 24.4. The summed E-state index contributed by atoms with van der Waals surface area (Å²) < 4.78 is 0. The Morgan fingerprint density at radius 2 is 1.85 bits per heavy atom. The number of hydrogen-bond acceptors (Lipinski definition) is 3. The van der Waals surface area contributed by atoms with Crippen molar-refractivity contribution >= 4 is 0 Å². The normalized spacial score (nSPS) is 22.3. The lowest BCUT2D eigenvalue weighted by molar-refractivity contribution is -0.191. The SMILES string of the molecule is CCCCCC[C@@H](C)CC=C[C@H]1CCC[C@@H]1CC=CCCCC(O)(O)CO. The van der Waals surface area contributed by atoms with Gasteiger partial charge < -0.3 is 15.3 Å². The molecule has 0 saturated heterocycles. The number of aliphatic hydroxyl groups excluding tert-OH is 1. The van der Waals surface area contributed by atoms with Crippen LogP contribution in [0.5, 0.6) is 0 Å². The lowest BCUT2D eigenvalue weighted by Gasteiger charge is -2.17. The topological polar surface area (TPSA) is 60.7 Å². The second-order valence-electron chi connectivity index (χ2n) is 8.71. The van der Waals surface area contributed by atoms with Crippen molar-refractivity contribution in [2.45, 2.75) is 103 Å². The molecule has 27 heavy (non-hydrogen) atoms. The number of rotatable bonds is 15. The maximum absolute atomic E-state index is 9.35. The molecule has 0 amide bonds. The molecule has 158 valence electrons. The molecule has 0 bridgehead atoms. The van der Waals surface area contributed by atoms with Crippen molar-refractivity contribution in [3.63, 3.8) is 0 Å². The molecule has 1 saturated carbocycles. The minimum absolute atomic E-state index is 0.221. The molecule has 0 aliphatic heterocycles. The van der Waals surface area contributed by atoms with Crippen molar-refractivity contribution < 1.29 is 15.3 Å². The molecule has 3 heteroatoms. The molecule has 0 heterocycles. The number of aliphatic hydroxyl groups is 3. The molecule has 0 aromatic rings. The molecule has 3 N–H and O–H groups in total. The molecule has 1 aliphatic rings. The highest BCUT2D eigenvalue weighted by Gasteiger charge is 2.24. The Bertz CT molecular complexity index is 414. The molecule has 1 rings (SSSR count). The second kappa shape index (κ2) is 14.4. The Labute approximate surface area is 167 Å². The third-order valence-electron chi connectivity index (χ3n) is 6.00. The lowest BCUT2D eigenvalue weighted by Crippen LogP contribution is -2.32. The summed E-state index contributed by atoms with van der Waals surface area (Å²) in [4.78, 5) is 0. The third kappa shape index (κ3) is 11.7. The van der Waals surface area contributed by atoms with Crippen LogP contribution in [-0.2, 0) is 0 Å². The van der Waals surface area contributed by atoms with Crippen LogP contribution in [0, 0.1) is 17.8 Å². The van der Waals surface area contributed by atoms with Crippen LogP contribution in [0.25, 0.3) is 0 Å². The summed E-state index contributed by atoms with van der Waals surface area (Å²) in [6.07, 6.45) is 24.3. The van der Waals surface area contributed by atoms with E-state index in [2.05, 4.69) is 38.2 Å². The van der Waals surface area contributed by atoms with E-state index in [-0.39, 0.29) is 6.42 Å². The van der Waals surface area contributed by atoms with E-state index < -0.39 is 12.4 Å². The maximum Gasteiger partial charge on any atom is 0.186 e. The Morgan fingerprint density at radius 1 is 1.04 bits per heavy atom. The van der Waals surface area contributed by atoms with E-state index in [1.165, 1.54) is 57.8 Å². The monoisotopic (exact) mass is 380 g/mol. The van der Waals surface area contributed by atoms with Crippen LogP contribution >= 0.6 is 0 Å². The Balaban J connectivity index is 2.20. The highest BCUT2D eigenvalue weighted by molar-refractivity contribution is 4.98. The fourth-order valence-corrected chi connectivity index (χ4v) is 4.11. The van der Waals surface area contributed by atoms with E-state index in [0.29, 0.717) is 6.42 Å². The molecule has 3 atom stereocenters. The average molecular weight is 381 g/mol. The molecule has 3 nitrogen and oxygen atoms in total. The first-order valence-corrected chi connectivity index (χ1v) is 11.4. The fraction of sp³-hybridized carbons (Fsp3) is 0.833. The van der Waals surface area contributed by atoms with E-state index >= 15 is 0 Å². The van der Waals surface area contributed by atoms with Gasteiger partial charge in [-0.05, 0) is 56.3 Å². The predicted molar refractivity (Wildman–Crippen MR) is 114 cm³/mol. The molecule has 1 fully saturated rings. The van der Waals surface area contributed by atoms with Gasteiger partial charge in [0.15, 0.2) is 5.79 Å².